The Labute approximate surface area is 499 Å². The van der Waals surface area contributed by atoms with E-state index in [0.717, 1.165) is 62.7 Å². The number of halogens is 11. The van der Waals surface area contributed by atoms with Gasteiger partial charge in [0.25, 0.3) is 0 Å². The summed E-state index contributed by atoms with van der Waals surface area (Å²) >= 11 is 0. The zero-order valence-electron chi connectivity index (χ0n) is 48.5. The highest BCUT2D eigenvalue weighted by atomic mass is 19.4. The fourth-order valence-electron chi connectivity index (χ4n) is 5.48. The van der Waals surface area contributed by atoms with Crippen LogP contribution in [-0.2, 0) is 24.9 Å². The van der Waals surface area contributed by atoms with Crippen LogP contribution in [-0.4, -0.2) is 49.7 Å². The number of hydrogen-bond donors (Lipinski definition) is 0. The molecule has 0 aliphatic heterocycles. The number of nitrogens with zero attached hydrogens (tertiary/aromatic N) is 12. The lowest BCUT2D eigenvalue weighted by Crippen LogP contribution is -2.08. The van der Waals surface area contributed by atoms with Gasteiger partial charge < -0.3 is 20.2 Å². The number of hydrogen-bond acceptors (Lipinski definition) is 14. The van der Waals surface area contributed by atoms with Crippen LogP contribution in [0, 0.1) is 110 Å². The van der Waals surface area contributed by atoms with E-state index in [0.29, 0.717) is 23.4 Å². The molecule has 1 aromatic carbocycles. The van der Waals surface area contributed by atoms with Crippen molar-refractivity contribution >= 4 is 11.6 Å². The van der Waals surface area contributed by atoms with E-state index in [2.05, 4.69) is 39.9 Å². The standard InChI is InChI=1S/C9H9F3.2C7H6F3N.2C7H6N2.2C6H6FN.2C6H6N2O2/c1-2-7-5-3-4-6-8(7)9(10,11)12;2*1-5-2-3-6(11-4-5)7(8,9)10;2*1-6-2-3-7(4-8)9-5-6;2*1-5-2-3-6(7)8-4-5;2*1-5-2-3-6(7-4-5)8(9)10/h3-6H,2H2,1H3;2*2-4H,1H3;2*2-3,5H,1H3;2*2-4H,1H3;2*2-4H,1H3. The number of nitro groups is 2. The van der Waals surface area contributed by atoms with Gasteiger partial charge in [-0.1, -0.05) is 61.5 Å². The predicted molar refractivity (Wildman–Crippen MR) is 305 cm³/mol. The number of aryl methyl sites for hydroxylation is 9. The van der Waals surface area contributed by atoms with Crippen LogP contribution in [0.15, 0.2) is 171 Å². The van der Waals surface area contributed by atoms with E-state index in [9.17, 15) is 68.5 Å². The smallest absolute Gasteiger partial charge is 0.358 e. The van der Waals surface area contributed by atoms with Crippen LogP contribution < -0.4 is 0 Å². The van der Waals surface area contributed by atoms with Crippen molar-refractivity contribution in [2.45, 2.75) is 87.3 Å². The second-order valence-electron chi connectivity index (χ2n) is 17.8. The van der Waals surface area contributed by atoms with Crippen molar-refractivity contribution in [1.82, 2.24) is 39.9 Å². The summed E-state index contributed by atoms with van der Waals surface area (Å²) in [6.45, 7) is 16.4. The molecule has 0 bridgehead atoms. The van der Waals surface area contributed by atoms with Crippen LogP contribution in [0.4, 0.5) is 59.9 Å². The molecular formula is C61H57F11N12O4. The first kappa shape index (κ1) is 75.4. The van der Waals surface area contributed by atoms with Crippen LogP contribution in [0.3, 0.4) is 0 Å². The van der Waals surface area contributed by atoms with Crippen molar-refractivity contribution in [3.8, 4) is 12.1 Å². The molecule has 9 aromatic rings. The Morgan fingerprint density at radius 3 is 0.864 bits per heavy atom. The SMILES string of the molecule is CCc1ccccc1C(F)(F)F.Cc1ccc(C#N)nc1.Cc1ccc(C#N)nc1.Cc1ccc(C(F)(F)F)nc1.Cc1ccc(C(F)(F)F)nc1.Cc1ccc(F)nc1.Cc1ccc(F)nc1.Cc1ccc([N+](=O)[O-])nc1.Cc1ccc([N+](=O)[O-])nc1. The quantitative estimate of drug-likeness (QED) is 0.0692. The summed E-state index contributed by atoms with van der Waals surface area (Å²) in [6, 6.07) is 33.5. The first-order valence-electron chi connectivity index (χ1n) is 25.3. The molecule has 27 heteroatoms. The highest BCUT2D eigenvalue weighted by Crippen LogP contribution is 2.32. The highest BCUT2D eigenvalue weighted by Gasteiger charge is 2.33. The molecular weight excluding hydrogens is 1170 g/mol. The molecule has 0 saturated heterocycles. The highest BCUT2D eigenvalue weighted by molar-refractivity contribution is 5.30. The van der Waals surface area contributed by atoms with E-state index < -0.39 is 57.2 Å². The molecule has 0 spiro atoms. The van der Waals surface area contributed by atoms with Gasteiger partial charge in [0.15, 0.2) is 0 Å². The lowest BCUT2D eigenvalue weighted by molar-refractivity contribution is -0.389. The van der Waals surface area contributed by atoms with Crippen molar-refractivity contribution in [2.75, 3.05) is 0 Å². The van der Waals surface area contributed by atoms with Crippen LogP contribution in [0.2, 0.25) is 0 Å². The first-order valence-corrected chi connectivity index (χ1v) is 25.3. The summed E-state index contributed by atoms with van der Waals surface area (Å²) in [4.78, 5) is 47.2. The maximum Gasteiger partial charge on any atom is 0.433 e. The monoisotopic (exact) mass is 1230 g/mol. The second kappa shape index (κ2) is 38.4. The predicted octanol–water partition coefficient (Wildman–Crippen LogP) is 16.3. The summed E-state index contributed by atoms with van der Waals surface area (Å²) in [5, 5.41) is 36.7. The van der Waals surface area contributed by atoms with E-state index in [1.54, 1.807) is 75.6 Å². The van der Waals surface area contributed by atoms with E-state index in [1.165, 1.54) is 85.7 Å². The maximum atomic E-state index is 12.2. The van der Waals surface area contributed by atoms with Gasteiger partial charge in [0.05, 0.1) is 5.56 Å². The summed E-state index contributed by atoms with van der Waals surface area (Å²) in [5.41, 5.74) is 6.48. The Balaban J connectivity index is 0.000000496. The molecule has 8 aromatic heterocycles. The third kappa shape index (κ3) is 33.1. The second-order valence-corrected chi connectivity index (χ2v) is 17.8. The molecule has 462 valence electrons. The van der Waals surface area contributed by atoms with Crippen LogP contribution in [0.1, 0.15) is 85.3 Å². The Bertz CT molecular complexity index is 3300. The Hall–Kier alpha value is -10.6. The number of pyridine rings is 8. The summed E-state index contributed by atoms with van der Waals surface area (Å²) in [5.74, 6) is -1.05. The number of rotatable bonds is 3. The van der Waals surface area contributed by atoms with Gasteiger partial charge in [-0.2, -0.15) is 58.8 Å². The van der Waals surface area contributed by atoms with Crippen LogP contribution >= 0.6 is 0 Å². The lowest BCUT2D eigenvalue weighted by Gasteiger charge is -2.10. The van der Waals surface area contributed by atoms with Gasteiger partial charge in [0, 0.05) is 49.3 Å². The minimum Gasteiger partial charge on any atom is -0.358 e. The molecule has 0 atom stereocenters. The molecule has 16 nitrogen and oxygen atoms in total. The van der Waals surface area contributed by atoms with Gasteiger partial charge in [-0.25, -0.2) is 19.9 Å². The first-order chi connectivity index (χ1) is 41.2. The molecule has 0 unspecified atom stereocenters. The van der Waals surface area contributed by atoms with E-state index in [-0.39, 0.29) is 11.6 Å². The fourth-order valence-corrected chi connectivity index (χ4v) is 5.48. The van der Waals surface area contributed by atoms with Gasteiger partial charge in [-0.15, -0.1) is 0 Å². The van der Waals surface area contributed by atoms with Gasteiger partial charge >= 0.3 is 30.2 Å². The van der Waals surface area contributed by atoms with Crippen LogP contribution in [0.25, 0.3) is 0 Å². The average molecular weight is 1230 g/mol. The number of nitriles is 2. The van der Waals surface area contributed by atoms with E-state index in [1.807, 2.05) is 65.8 Å². The van der Waals surface area contributed by atoms with E-state index in [4.69, 9.17) is 10.5 Å². The fraction of sp³-hybridized carbons (Fsp3) is 0.213. The Kier molecular flexibility index (Phi) is 32.9. The van der Waals surface area contributed by atoms with Gasteiger partial charge in [0.2, 0.25) is 11.9 Å². The summed E-state index contributed by atoms with van der Waals surface area (Å²) in [7, 11) is 0. The Morgan fingerprint density at radius 2 is 0.670 bits per heavy atom. The minimum atomic E-state index is -4.33. The zero-order valence-corrected chi connectivity index (χ0v) is 48.5. The van der Waals surface area contributed by atoms with E-state index >= 15 is 0 Å². The topological polar surface area (TPSA) is 237 Å². The van der Waals surface area contributed by atoms with Gasteiger partial charge in [-0.05, 0) is 186 Å². The molecule has 0 fully saturated rings. The number of alkyl halides is 9. The summed E-state index contributed by atoms with van der Waals surface area (Å²) < 4.78 is 132. The Morgan fingerprint density at radius 1 is 0.386 bits per heavy atom. The molecule has 88 heavy (non-hydrogen) atoms. The lowest BCUT2D eigenvalue weighted by atomic mass is 10.1. The van der Waals surface area contributed by atoms with Crippen molar-refractivity contribution < 1.29 is 58.1 Å². The molecule has 0 saturated carbocycles. The van der Waals surface area contributed by atoms with Crippen molar-refractivity contribution in [3.63, 3.8) is 0 Å². The molecule has 9 rings (SSSR count). The largest absolute Gasteiger partial charge is 0.433 e. The van der Waals surface area contributed by atoms with Crippen molar-refractivity contribution in [1.29, 1.82) is 10.5 Å². The zero-order chi connectivity index (χ0) is 66.6. The molecule has 0 N–H and O–H groups in total. The molecule has 8 heterocycles. The van der Waals surface area contributed by atoms with Crippen LogP contribution in [0.5, 0.6) is 0 Å². The molecule has 0 aliphatic carbocycles. The normalized spacial score (nSPS) is 10.0. The number of benzene rings is 1. The molecule has 0 aliphatic rings. The minimum absolute atomic E-state index is 0.106. The van der Waals surface area contributed by atoms with Gasteiger partial charge in [-0.3, -0.25) is 9.97 Å². The van der Waals surface area contributed by atoms with Crippen molar-refractivity contribution in [3.05, 3.63) is 281 Å². The number of aromatic nitrogens is 8. The summed E-state index contributed by atoms with van der Waals surface area (Å²) in [6.07, 6.45) is -0.770. The third-order valence-corrected chi connectivity index (χ3v) is 10.1. The van der Waals surface area contributed by atoms with Crippen molar-refractivity contribution in [2.24, 2.45) is 0 Å². The average Bonchev–Trinajstić information content (AvgIpc) is 3.64. The molecule has 0 radical (unpaired) electrons. The van der Waals surface area contributed by atoms with Gasteiger partial charge in [0.1, 0.15) is 47.3 Å². The molecule has 0 amide bonds. The third-order valence-electron chi connectivity index (χ3n) is 10.1. The maximum absolute atomic E-state index is 12.2.